The summed E-state index contributed by atoms with van der Waals surface area (Å²) < 4.78 is 167. The number of azo groups is 2. The number of hydrazine groups is 2. The van der Waals surface area contributed by atoms with Crippen LogP contribution in [0.5, 0.6) is 17.2 Å². The van der Waals surface area contributed by atoms with Crippen molar-refractivity contribution in [1.82, 2.24) is 26.6 Å². The van der Waals surface area contributed by atoms with E-state index >= 15 is 0 Å². The van der Waals surface area contributed by atoms with Gasteiger partial charge >= 0.3 is 31.3 Å². The molecule has 0 fully saturated rings. The number of anilines is 1. The molecule has 3 heterocycles. The second kappa shape index (κ2) is 60.8. The van der Waals surface area contributed by atoms with Crippen LogP contribution in [0, 0.1) is 0 Å². The largest absolute Gasteiger partial charge is 0.483 e. The Morgan fingerprint density at radius 3 is 1.44 bits per heavy atom. The number of hydrogen-bond acceptors (Lipinski definition) is 39. The summed E-state index contributed by atoms with van der Waals surface area (Å²) in [5.74, 6) is 0.101. The maximum Gasteiger partial charge on any atom is 0.474 e. The fourth-order valence-electron chi connectivity index (χ4n) is 9.68. The molecule has 3 aromatic rings. The minimum Gasteiger partial charge on any atom is -0.483 e. The number of carbonyl (C=O) groups is 2. The smallest absolute Gasteiger partial charge is 0.474 e. The van der Waals surface area contributed by atoms with Crippen molar-refractivity contribution < 1.29 is 160 Å². The van der Waals surface area contributed by atoms with Gasteiger partial charge in [0.15, 0.2) is 18.3 Å². The number of hydrogen-bond donors (Lipinski definition) is 9. The van der Waals surface area contributed by atoms with E-state index in [9.17, 15) is 52.5 Å². The maximum absolute atomic E-state index is 13.5. The summed E-state index contributed by atoms with van der Waals surface area (Å²) >= 11 is 0. The second-order valence-electron chi connectivity index (χ2n) is 25.8. The summed E-state index contributed by atoms with van der Waals surface area (Å²) in [5.41, 5.74) is 10.3. The molecule has 9 N–H and O–H groups in total. The molecule has 6 unspecified atom stereocenters. The fraction of sp³-hybridized carbons (Fsp3) is 0.648. The summed E-state index contributed by atoms with van der Waals surface area (Å²) in [6.45, 7) is 4.05. The van der Waals surface area contributed by atoms with Crippen LogP contribution in [0.25, 0.3) is 0 Å². The first-order valence-electron chi connectivity index (χ1n) is 38.9. The number of aliphatic hydroxyl groups is 1. The zero-order chi connectivity index (χ0) is 86.9. The molecule has 0 aromatic heterocycles. The van der Waals surface area contributed by atoms with E-state index in [4.69, 9.17) is 93.5 Å². The third kappa shape index (κ3) is 48.9. The van der Waals surface area contributed by atoms with Crippen molar-refractivity contribution in [2.75, 3.05) is 257 Å². The van der Waals surface area contributed by atoms with Crippen LogP contribution in [0.15, 0.2) is 115 Å². The Balaban J connectivity index is 0.617. The van der Waals surface area contributed by atoms with Gasteiger partial charge in [0.1, 0.15) is 30.8 Å². The molecule has 6 atom stereocenters. The van der Waals surface area contributed by atoms with Crippen LogP contribution in [-0.4, -0.2) is 317 Å². The van der Waals surface area contributed by atoms with Gasteiger partial charge in [-0.2, -0.15) is 20.5 Å². The van der Waals surface area contributed by atoms with Crippen molar-refractivity contribution in [2.45, 2.75) is 51.2 Å². The van der Waals surface area contributed by atoms with Crippen LogP contribution in [0.3, 0.4) is 0 Å². The average Bonchev–Trinajstić information content (AvgIpc) is 1.59. The van der Waals surface area contributed by atoms with Gasteiger partial charge in [0.2, 0.25) is 11.8 Å². The van der Waals surface area contributed by atoms with Crippen LogP contribution < -0.4 is 40.7 Å². The maximum atomic E-state index is 13.5. The van der Waals surface area contributed by atoms with Crippen LogP contribution in [-0.2, 0) is 107 Å². The van der Waals surface area contributed by atoms with Crippen molar-refractivity contribution in [2.24, 2.45) is 30.8 Å². The van der Waals surface area contributed by atoms with Crippen molar-refractivity contribution in [3.05, 3.63) is 95.5 Å². The van der Waals surface area contributed by atoms with Gasteiger partial charge in [0.05, 0.1) is 208 Å². The number of amides is 2. The molecule has 0 radical (unpaired) electrons. The molecule has 682 valence electrons. The van der Waals surface area contributed by atoms with Gasteiger partial charge in [-0.25, -0.2) is 18.3 Å². The monoisotopic (exact) mass is 1800 g/mol. The van der Waals surface area contributed by atoms with E-state index in [0.29, 0.717) is 94.3 Å². The molecule has 3 aromatic carbocycles. The number of rotatable bonds is 75. The Kier molecular flexibility index (Phi) is 51.8. The van der Waals surface area contributed by atoms with E-state index in [1.165, 1.54) is 0 Å². The lowest BCUT2D eigenvalue weighted by molar-refractivity contribution is -0.562. The van der Waals surface area contributed by atoms with Crippen LogP contribution >= 0.6 is 31.3 Å². The molecular weight excluding hydrogens is 1690 g/mol. The van der Waals surface area contributed by atoms with Crippen molar-refractivity contribution >= 4 is 66.4 Å². The van der Waals surface area contributed by atoms with E-state index < -0.39 is 50.8 Å². The minimum atomic E-state index is -4.83. The number of aliphatic hydroxyl groups excluding tert-OH is 1. The summed E-state index contributed by atoms with van der Waals surface area (Å²) in [4.78, 5) is 67.8. The molecular formula is C71H116N13O33P4+. The zero-order valence-corrected chi connectivity index (χ0v) is 72.0. The third-order valence-corrected chi connectivity index (χ3v) is 19.6. The highest BCUT2D eigenvalue weighted by atomic mass is 31.2. The highest BCUT2D eigenvalue weighted by molar-refractivity contribution is 7.48. The first-order valence-corrected chi connectivity index (χ1v) is 44.9. The molecule has 0 spiro atoms. The Hall–Kier alpha value is -6.73. The van der Waals surface area contributed by atoms with Crippen molar-refractivity contribution in [1.29, 1.82) is 0 Å². The lowest BCUT2D eigenvalue weighted by Crippen LogP contribution is -2.34. The summed E-state index contributed by atoms with van der Waals surface area (Å²) in [6, 6.07) is 17.2. The van der Waals surface area contributed by atoms with Gasteiger partial charge in [-0.1, -0.05) is 12.8 Å². The average molecular weight is 1800 g/mol. The lowest BCUT2D eigenvalue weighted by atomic mass is 10.1. The zero-order valence-electron chi connectivity index (χ0n) is 68.4. The first kappa shape index (κ1) is 103. The summed E-state index contributed by atoms with van der Waals surface area (Å²) in [5, 5.41) is 42.2. The van der Waals surface area contributed by atoms with Gasteiger partial charge in [-0.3, -0.25) is 50.8 Å². The Labute approximate surface area is 702 Å². The Morgan fingerprint density at radius 2 is 0.975 bits per heavy atom. The van der Waals surface area contributed by atoms with E-state index in [0.717, 1.165) is 11.4 Å². The number of ether oxygens (including phenoxy) is 14. The van der Waals surface area contributed by atoms with Gasteiger partial charge in [0, 0.05) is 69.0 Å². The molecule has 0 bridgehead atoms. The first-order chi connectivity index (χ1) is 58.4. The van der Waals surface area contributed by atoms with E-state index in [1.807, 2.05) is 69.5 Å². The number of nitrogens with zero attached hydrogens (tertiary/aromatic N) is 9. The molecule has 6 rings (SSSR count). The molecule has 3 aliphatic heterocycles. The molecule has 121 heavy (non-hydrogen) atoms. The normalized spacial score (nSPS) is 16.1. The van der Waals surface area contributed by atoms with Gasteiger partial charge < -0.3 is 112 Å². The molecule has 46 nitrogen and oxygen atoms in total. The number of unbranched alkanes of at least 4 members (excludes halogenated alkanes) is 3. The highest BCUT2D eigenvalue weighted by Crippen LogP contribution is 2.48. The lowest BCUT2D eigenvalue weighted by Gasteiger charge is -2.18. The third-order valence-electron chi connectivity index (χ3n) is 15.7. The number of phosphoric acid groups is 4. The predicted molar refractivity (Wildman–Crippen MR) is 430 cm³/mol. The SMILES string of the molecule is CC1C=[N+](COc2cc(C(=O)NCCCCCCOP(=O)(O)OCCOCCOCCOCCOCCOCCOP(=O)(O)OCCOCCOCCOCCOCCOCCOP(=O)(O)OCOP(=O)(O)OCC(O)COCCCNC(=O)c3ccc(N=Nc4ccc(N(C)C)cc4)cc3)cc(OCC3=CCN=N3)c2OCC2=CN(C)NN2)N=N1. The standard InChI is InChI=1S/C71H115N13O33P4/c1-58-50-84(81-75-58)56-109-68-49-60(48-67(107-52-63-18-21-74-76-63)69(68)108-53-64-51-83(4)80-79-64)71(87)72-19-7-5-6-8-23-110-118(88,89)111-44-40-102-36-32-98-28-24-96-25-29-99-33-37-103-41-45-112-119(90,91)113-46-42-104-38-34-100-30-26-97-27-31-101-35-39-105-43-47-114-120(92,93)116-57-117-121(94,95)115-55-66(85)54-106-22-9-20-73-70(86)59-10-12-61(13-11-59)77-78-62-14-16-65(17-15-62)82(2)3/h10-18,48-51,58,66,79-80,85H,5-9,19-47,52-57H2,1-4H3,(H5-,72,73,86,87,88,89,90,91,92,93,94,95)/p+1. The molecule has 2 amide bonds. The topological polar surface area (TPSA) is 538 Å². The van der Waals surface area contributed by atoms with Crippen molar-refractivity contribution in [3.63, 3.8) is 0 Å². The quantitative estimate of drug-likeness (QED) is 0.00969. The summed E-state index contributed by atoms with van der Waals surface area (Å²) in [7, 11) is -12.5. The van der Waals surface area contributed by atoms with Crippen molar-refractivity contribution in [3.8, 4) is 17.2 Å². The molecule has 50 heteroatoms. The van der Waals surface area contributed by atoms with E-state index in [-0.39, 0.29) is 219 Å². The molecule has 0 saturated heterocycles. The number of benzene rings is 3. The van der Waals surface area contributed by atoms with Crippen LogP contribution in [0.1, 0.15) is 59.7 Å². The van der Waals surface area contributed by atoms with Gasteiger partial charge in [-0.05, 0) is 92.9 Å². The molecule has 3 aliphatic rings. The van der Waals surface area contributed by atoms with E-state index in [1.54, 1.807) is 52.3 Å². The number of carbonyl (C=O) groups excluding carboxylic acids is 2. The molecule has 0 aliphatic carbocycles. The number of nitrogens with one attached hydrogen (secondary N) is 4. The van der Waals surface area contributed by atoms with Gasteiger partial charge in [0.25, 0.3) is 18.5 Å². The van der Waals surface area contributed by atoms with E-state index in [2.05, 4.69) is 61.4 Å². The van der Waals surface area contributed by atoms with Gasteiger partial charge in [-0.15, -0.1) is 10.2 Å². The Bertz CT molecular complexity index is 3830. The summed E-state index contributed by atoms with van der Waals surface area (Å²) in [6.07, 6.45) is 6.99. The minimum absolute atomic E-state index is 0.00303. The highest BCUT2D eigenvalue weighted by Gasteiger charge is 2.29. The van der Waals surface area contributed by atoms with Crippen LogP contribution in [0.2, 0.25) is 0 Å². The molecule has 0 saturated carbocycles. The predicted octanol–water partition coefficient (Wildman–Crippen LogP) is 6.41. The Morgan fingerprint density at radius 1 is 0.529 bits per heavy atom. The fourth-order valence-corrected chi connectivity index (χ4v) is 12.4. The second-order valence-corrected chi connectivity index (χ2v) is 31.6. The van der Waals surface area contributed by atoms with Crippen LogP contribution in [0.4, 0.5) is 17.1 Å². The number of phosphoric ester groups is 4.